The normalized spacial score (nSPS) is 19.0. The van der Waals surface area contributed by atoms with E-state index in [4.69, 9.17) is 34.3 Å². The molecule has 1 heterocycles. The van der Waals surface area contributed by atoms with E-state index < -0.39 is 0 Å². The Balaban J connectivity index is 2.14. The maximum absolute atomic E-state index is 14.2. The number of urea groups is 1. The summed E-state index contributed by atoms with van der Waals surface area (Å²) in [4.78, 5) is 18.0. The van der Waals surface area contributed by atoms with Gasteiger partial charge in [-0.15, -0.1) is 0 Å². The Morgan fingerprint density at radius 3 is 2.96 bits per heavy atom. The molecule has 0 saturated carbocycles. The van der Waals surface area contributed by atoms with Crippen molar-refractivity contribution in [3.05, 3.63) is 40.2 Å². The lowest BCUT2D eigenvalue weighted by atomic mass is 9.88. The molecule has 152 valence electrons. The number of nitrogens with zero attached hydrogens (tertiary/aromatic N) is 2. The summed E-state index contributed by atoms with van der Waals surface area (Å²) in [5, 5.41) is 2.95. The van der Waals surface area contributed by atoms with Crippen LogP contribution in [0.15, 0.2) is 28.8 Å². The maximum Gasteiger partial charge on any atom is 0.323 e. The summed E-state index contributed by atoms with van der Waals surface area (Å²) in [5.41, 5.74) is 7.03. The van der Waals surface area contributed by atoms with Gasteiger partial charge in [0.1, 0.15) is 5.82 Å². The third-order valence-corrected chi connectivity index (χ3v) is 4.82. The number of thiocarbonyl (C=S) groups is 1. The van der Waals surface area contributed by atoms with E-state index in [0.29, 0.717) is 43.1 Å². The molecule has 1 atom stereocenters. The van der Waals surface area contributed by atoms with Gasteiger partial charge in [-0.25, -0.2) is 14.2 Å². The number of piperidine rings is 1. The lowest BCUT2D eigenvalue weighted by Gasteiger charge is -2.35. The Hall–Kier alpha value is -2.03. The molecule has 9 heteroatoms. The second-order valence-corrected chi connectivity index (χ2v) is 7.37. The van der Waals surface area contributed by atoms with Crippen LogP contribution in [-0.4, -0.2) is 48.7 Å². The van der Waals surface area contributed by atoms with Gasteiger partial charge in [0.2, 0.25) is 5.11 Å². The van der Waals surface area contributed by atoms with Gasteiger partial charge in [-0.05, 0) is 44.1 Å². The second kappa shape index (κ2) is 10.5. The number of amidine groups is 1. The SMILES string of the molecule is COCCC1CN(C(=O)NC(=S)/N=C(/C)N)CC/C1=C/c1ccc(Cl)cc1F. The molecule has 1 aromatic rings. The zero-order valence-corrected chi connectivity index (χ0v) is 17.4. The first kappa shape index (κ1) is 22.3. The summed E-state index contributed by atoms with van der Waals surface area (Å²) in [7, 11) is 1.63. The van der Waals surface area contributed by atoms with Gasteiger partial charge in [0.05, 0.1) is 5.84 Å². The predicted octanol–water partition coefficient (Wildman–Crippen LogP) is 3.59. The third-order valence-electron chi connectivity index (χ3n) is 4.39. The molecule has 2 amide bonds. The van der Waals surface area contributed by atoms with Crippen molar-refractivity contribution in [1.82, 2.24) is 10.2 Å². The number of likely N-dealkylation sites (tertiary alicyclic amines) is 1. The van der Waals surface area contributed by atoms with E-state index in [1.165, 1.54) is 6.07 Å². The first-order valence-electron chi connectivity index (χ1n) is 8.85. The highest BCUT2D eigenvalue weighted by molar-refractivity contribution is 7.80. The number of nitrogens with one attached hydrogen (secondary N) is 1. The quantitative estimate of drug-likeness (QED) is 0.438. The molecule has 6 nitrogen and oxygen atoms in total. The fourth-order valence-electron chi connectivity index (χ4n) is 3.03. The van der Waals surface area contributed by atoms with Crippen LogP contribution in [0.2, 0.25) is 5.02 Å². The molecule has 2 rings (SSSR count). The lowest BCUT2D eigenvalue weighted by molar-refractivity contribution is 0.155. The zero-order chi connectivity index (χ0) is 20.7. The highest BCUT2D eigenvalue weighted by Gasteiger charge is 2.27. The number of carbonyl (C=O) groups is 1. The van der Waals surface area contributed by atoms with Gasteiger partial charge in [-0.3, -0.25) is 5.32 Å². The average Bonchev–Trinajstić information content (AvgIpc) is 2.62. The minimum atomic E-state index is -0.369. The number of methoxy groups -OCH3 is 1. The number of ether oxygens (including phenoxy) is 1. The minimum Gasteiger partial charge on any atom is -0.387 e. The predicted molar refractivity (Wildman–Crippen MR) is 114 cm³/mol. The van der Waals surface area contributed by atoms with Crippen molar-refractivity contribution in [2.45, 2.75) is 19.8 Å². The molecule has 1 saturated heterocycles. The van der Waals surface area contributed by atoms with Gasteiger partial charge in [0.25, 0.3) is 0 Å². The number of carbonyl (C=O) groups excluding carboxylic acids is 1. The van der Waals surface area contributed by atoms with E-state index >= 15 is 0 Å². The van der Waals surface area contributed by atoms with Gasteiger partial charge in [-0.2, -0.15) is 0 Å². The van der Waals surface area contributed by atoms with Crippen molar-refractivity contribution in [3.63, 3.8) is 0 Å². The number of hydrogen-bond acceptors (Lipinski definition) is 3. The van der Waals surface area contributed by atoms with Crippen molar-refractivity contribution < 1.29 is 13.9 Å². The molecule has 28 heavy (non-hydrogen) atoms. The molecule has 1 aromatic carbocycles. The Morgan fingerprint density at radius 1 is 1.57 bits per heavy atom. The van der Waals surface area contributed by atoms with Crippen LogP contribution in [0, 0.1) is 11.7 Å². The number of halogens is 2. The first-order chi connectivity index (χ1) is 13.3. The number of rotatable bonds is 4. The third kappa shape index (κ3) is 6.54. The van der Waals surface area contributed by atoms with Crippen LogP contribution in [-0.2, 0) is 4.74 Å². The van der Waals surface area contributed by atoms with Crippen LogP contribution in [0.5, 0.6) is 0 Å². The van der Waals surface area contributed by atoms with Crippen molar-refractivity contribution in [2.75, 3.05) is 26.8 Å². The maximum atomic E-state index is 14.2. The Kier molecular flexibility index (Phi) is 8.35. The fraction of sp³-hybridized carbons (Fsp3) is 0.421. The molecular formula is C19H24ClFN4O2S. The van der Waals surface area contributed by atoms with Crippen LogP contribution in [0.3, 0.4) is 0 Å². The molecule has 1 unspecified atom stereocenters. The molecule has 0 aliphatic carbocycles. The molecule has 3 N–H and O–H groups in total. The topological polar surface area (TPSA) is 80.0 Å². The van der Waals surface area contributed by atoms with Crippen molar-refractivity contribution in [1.29, 1.82) is 0 Å². The summed E-state index contributed by atoms with van der Waals surface area (Å²) < 4.78 is 19.4. The molecular weight excluding hydrogens is 403 g/mol. The highest BCUT2D eigenvalue weighted by Crippen LogP contribution is 2.29. The van der Waals surface area contributed by atoms with Crippen molar-refractivity contribution in [2.24, 2.45) is 16.6 Å². The van der Waals surface area contributed by atoms with Crippen LogP contribution in [0.25, 0.3) is 6.08 Å². The molecule has 0 radical (unpaired) electrons. The molecule has 0 aromatic heterocycles. The smallest absolute Gasteiger partial charge is 0.323 e. The standard InChI is InChI=1S/C19H24ClFN4O2S/c1-12(22)23-18(28)24-19(26)25-7-5-13(15(11-25)6-8-27-2)9-14-3-4-16(20)10-17(14)21/h3-4,9-10,15H,5-8,11H2,1-2H3,(H3,22,23,24,26,28)/b13-9-. The number of hydrogen-bond donors (Lipinski definition) is 2. The molecule has 0 spiro atoms. The fourth-order valence-corrected chi connectivity index (χ4v) is 3.42. The van der Waals surface area contributed by atoms with Crippen LogP contribution in [0.4, 0.5) is 9.18 Å². The lowest BCUT2D eigenvalue weighted by Crippen LogP contribution is -2.47. The van der Waals surface area contributed by atoms with Gasteiger partial charge in [0.15, 0.2) is 0 Å². The Labute approximate surface area is 174 Å². The van der Waals surface area contributed by atoms with Crippen LogP contribution >= 0.6 is 23.8 Å². The van der Waals surface area contributed by atoms with E-state index in [-0.39, 0.29) is 28.7 Å². The number of benzene rings is 1. The van der Waals surface area contributed by atoms with Crippen LogP contribution in [0.1, 0.15) is 25.3 Å². The van der Waals surface area contributed by atoms with E-state index in [1.54, 1.807) is 31.1 Å². The monoisotopic (exact) mass is 426 g/mol. The average molecular weight is 427 g/mol. The first-order valence-corrected chi connectivity index (χ1v) is 9.64. The summed E-state index contributed by atoms with van der Waals surface area (Å²) in [6.45, 7) is 3.09. The highest BCUT2D eigenvalue weighted by atomic mass is 35.5. The van der Waals surface area contributed by atoms with Crippen LogP contribution < -0.4 is 11.1 Å². The Morgan fingerprint density at radius 2 is 2.32 bits per heavy atom. The number of nitrogens with two attached hydrogens (primary N) is 1. The van der Waals surface area contributed by atoms with E-state index in [9.17, 15) is 9.18 Å². The summed E-state index contributed by atoms with van der Waals surface area (Å²) in [6, 6.07) is 4.28. The minimum absolute atomic E-state index is 0.0306. The molecule has 1 aliphatic heterocycles. The van der Waals surface area contributed by atoms with Gasteiger partial charge in [0, 0.05) is 43.3 Å². The van der Waals surface area contributed by atoms with Crippen molar-refractivity contribution >= 4 is 46.9 Å². The van der Waals surface area contributed by atoms with Gasteiger partial charge >= 0.3 is 6.03 Å². The number of amides is 2. The van der Waals surface area contributed by atoms with E-state index in [0.717, 1.165) is 5.57 Å². The zero-order valence-electron chi connectivity index (χ0n) is 15.9. The largest absolute Gasteiger partial charge is 0.387 e. The van der Waals surface area contributed by atoms with Gasteiger partial charge in [-0.1, -0.05) is 29.3 Å². The molecule has 0 bridgehead atoms. The van der Waals surface area contributed by atoms with E-state index in [1.807, 2.05) is 6.08 Å². The molecule has 1 aliphatic rings. The second-order valence-electron chi connectivity index (χ2n) is 6.55. The molecule has 1 fully saturated rings. The summed E-state index contributed by atoms with van der Waals surface area (Å²) in [6.07, 6.45) is 3.18. The van der Waals surface area contributed by atoms with Crippen molar-refractivity contribution in [3.8, 4) is 0 Å². The summed E-state index contributed by atoms with van der Waals surface area (Å²) in [5.74, 6) is -0.0500. The Bertz CT molecular complexity index is 796. The van der Waals surface area contributed by atoms with Gasteiger partial charge < -0.3 is 15.4 Å². The number of aliphatic imine (C=N–C) groups is 1. The van der Waals surface area contributed by atoms with E-state index in [2.05, 4.69) is 10.3 Å². The summed E-state index contributed by atoms with van der Waals surface area (Å²) >= 11 is 10.8.